The Morgan fingerprint density at radius 3 is 2.85 bits per heavy atom. The number of carbonyl (C=O) groups excluding carboxylic acids is 1. The molecule has 2 atom stereocenters. The number of hydrogen-bond donors (Lipinski definition) is 2. The Labute approximate surface area is 122 Å². The molecule has 104 valence electrons. The van der Waals surface area contributed by atoms with Crippen molar-refractivity contribution in [1.82, 2.24) is 15.5 Å². The summed E-state index contributed by atoms with van der Waals surface area (Å²) in [5.41, 5.74) is 1.17. The molecule has 3 rings (SSSR count). The molecule has 0 aliphatic heterocycles. The van der Waals surface area contributed by atoms with Crippen molar-refractivity contribution in [2.45, 2.75) is 18.9 Å². The number of H-pyrrole nitrogens is 1. The molecule has 1 aromatic heterocycles. The first-order chi connectivity index (χ1) is 9.63. The number of hydrogen-bond acceptors (Lipinski definition) is 4. The zero-order chi connectivity index (χ0) is 14.1. The maximum Gasteiger partial charge on any atom is 0.438 e. The highest BCUT2D eigenvalue weighted by molar-refractivity contribution is 9.10. The van der Waals surface area contributed by atoms with E-state index in [0.29, 0.717) is 5.82 Å². The molecule has 2 aromatic rings. The van der Waals surface area contributed by atoms with Gasteiger partial charge in [0.25, 0.3) is 0 Å². The Hall–Kier alpha value is -1.89. The molecule has 1 aliphatic rings. The molecule has 1 saturated carbocycles. The van der Waals surface area contributed by atoms with Gasteiger partial charge in [-0.25, -0.2) is 4.79 Å². The van der Waals surface area contributed by atoms with Gasteiger partial charge in [0.05, 0.1) is 6.54 Å². The van der Waals surface area contributed by atoms with E-state index in [0.717, 1.165) is 10.9 Å². The fourth-order valence-electron chi connectivity index (χ4n) is 2.20. The summed E-state index contributed by atoms with van der Waals surface area (Å²) < 4.78 is 5.38. The van der Waals surface area contributed by atoms with Crippen molar-refractivity contribution < 1.29 is 9.32 Å². The summed E-state index contributed by atoms with van der Waals surface area (Å²) in [6.45, 7) is 0.175. The minimum Gasteiger partial charge on any atom is -0.348 e. The van der Waals surface area contributed by atoms with Gasteiger partial charge in [0.1, 0.15) is 0 Å². The summed E-state index contributed by atoms with van der Waals surface area (Å²) in [5, 5.41) is 6.24. The largest absolute Gasteiger partial charge is 0.438 e. The van der Waals surface area contributed by atoms with Crippen LogP contribution in [0.15, 0.2) is 38.1 Å². The van der Waals surface area contributed by atoms with Crippen LogP contribution in [0.25, 0.3) is 0 Å². The van der Waals surface area contributed by atoms with Crippen LogP contribution in [0.5, 0.6) is 0 Å². The van der Waals surface area contributed by atoms with E-state index in [9.17, 15) is 9.59 Å². The summed E-state index contributed by atoms with van der Waals surface area (Å²) >= 11 is 3.39. The van der Waals surface area contributed by atoms with E-state index in [1.54, 1.807) is 0 Å². The van der Waals surface area contributed by atoms with Crippen LogP contribution in [0, 0.1) is 5.92 Å². The first kappa shape index (κ1) is 13.1. The maximum absolute atomic E-state index is 12.0. The van der Waals surface area contributed by atoms with Crippen molar-refractivity contribution in [3.8, 4) is 0 Å². The van der Waals surface area contributed by atoms with Gasteiger partial charge in [-0.1, -0.05) is 33.2 Å². The molecule has 0 bridgehead atoms. The minimum absolute atomic E-state index is 0.00482. The van der Waals surface area contributed by atoms with E-state index in [1.165, 1.54) is 5.56 Å². The molecule has 2 N–H and O–H groups in total. The molecule has 0 saturated heterocycles. The van der Waals surface area contributed by atoms with Gasteiger partial charge in [-0.05, 0) is 30.0 Å². The molecule has 1 amide bonds. The summed E-state index contributed by atoms with van der Waals surface area (Å²) in [6.07, 6.45) is 0.850. The highest BCUT2D eigenvalue weighted by atomic mass is 79.9. The number of rotatable bonds is 4. The lowest BCUT2D eigenvalue weighted by Gasteiger charge is -2.02. The van der Waals surface area contributed by atoms with Crippen molar-refractivity contribution in [3.63, 3.8) is 0 Å². The van der Waals surface area contributed by atoms with Crippen LogP contribution in [0.4, 0.5) is 0 Å². The Balaban J connectivity index is 1.55. The fraction of sp³-hybridized carbons (Fsp3) is 0.308. The van der Waals surface area contributed by atoms with Crippen LogP contribution in [0.3, 0.4) is 0 Å². The molecule has 1 fully saturated rings. The fourth-order valence-corrected chi connectivity index (χ4v) is 2.47. The Morgan fingerprint density at radius 2 is 2.20 bits per heavy atom. The van der Waals surface area contributed by atoms with Crippen LogP contribution in [-0.2, 0) is 11.3 Å². The lowest BCUT2D eigenvalue weighted by atomic mass is 10.1. The number of amides is 1. The van der Waals surface area contributed by atoms with E-state index >= 15 is 0 Å². The quantitative estimate of drug-likeness (QED) is 0.885. The van der Waals surface area contributed by atoms with E-state index in [-0.39, 0.29) is 24.3 Å². The third kappa shape index (κ3) is 2.82. The normalized spacial score (nSPS) is 20.6. The summed E-state index contributed by atoms with van der Waals surface area (Å²) in [5.74, 6) is -0.0476. The second kappa shape index (κ2) is 5.24. The molecule has 1 heterocycles. The second-order valence-electron chi connectivity index (χ2n) is 4.76. The summed E-state index contributed by atoms with van der Waals surface area (Å²) in [4.78, 5) is 25.1. The van der Waals surface area contributed by atoms with Crippen LogP contribution in [0.1, 0.15) is 23.7 Å². The number of benzene rings is 1. The van der Waals surface area contributed by atoms with Crippen molar-refractivity contribution in [2.75, 3.05) is 0 Å². The van der Waals surface area contributed by atoms with Gasteiger partial charge < -0.3 is 5.32 Å². The zero-order valence-electron chi connectivity index (χ0n) is 10.4. The summed E-state index contributed by atoms with van der Waals surface area (Å²) in [7, 11) is 0. The van der Waals surface area contributed by atoms with Crippen LogP contribution >= 0.6 is 15.9 Å². The Kier molecular flexibility index (Phi) is 3.43. The minimum atomic E-state index is -0.617. The number of nitrogens with one attached hydrogen (secondary N) is 2. The molecule has 1 aliphatic carbocycles. The summed E-state index contributed by atoms with van der Waals surface area (Å²) in [6, 6.07) is 8.00. The van der Waals surface area contributed by atoms with Crippen LogP contribution in [0.2, 0.25) is 0 Å². The molecule has 0 spiro atoms. The third-order valence-corrected chi connectivity index (χ3v) is 3.87. The average molecular weight is 338 g/mol. The van der Waals surface area contributed by atoms with Gasteiger partial charge in [-0.15, -0.1) is 0 Å². The van der Waals surface area contributed by atoms with Gasteiger partial charge in [0.2, 0.25) is 5.91 Å². The zero-order valence-corrected chi connectivity index (χ0v) is 12.0. The maximum atomic E-state index is 12.0. The molecule has 7 heteroatoms. The molecular weight excluding hydrogens is 326 g/mol. The molecular formula is C13H12BrN3O3. The molecule has 20 heavy (non-hydrogen) atoms. The van der Waals surface area contributed by atoms with Gasteiger partial charge >= 0.3 is 5.76 Å². The molecule has 0 unspecified atom stereocenters. The number of aromatic amines is 1. The van der Waals surface area contributed by atoms with E-state index < -0.39 is 5.76 Å². The van der Waals surface area contributed by atoms with E-state index in [4.69, 9.17) is 0 Å². The highest BCUT2D eigenvalue weighted by Crippen LogP contribution is 2.47. The molecule has 6 nitrogen and oxygen atoms in total. The van der Waals surface area contributed by atoms with Gasteiger partial charge in [0, 0.05) is 10.4 Å². The topological polar surface area (TPSA) is 88.0 Å². The van der Waals surface area contributed by atoms with Crippen molar-refractivity contribution in [3.05, 3.63) is 50.7 Å². The van der Waals surface area contributed by atoms with E-state index in [2.05, 4.69) is 35.9 Å². The third-order valence-electron chi connectivity index (χ3n) is 3.34. The number of carbonyl (C=O) groups is 1. The first-order valence-electron chi connectivity index (χ1n) is 6.21. The van der Waals surface area contributed by atoms with Crippen molar-refractivity contribution >= 4 is 21.8 Å². The lowest BCUT2D eigenvalue weighted by Crippen LogP contribution is -2.25. The van der Waals surface area contributed by atoms with Gasteiger partial charge in [-0.2, -0.15) is 0 Å². The van der Waals surface area contributed by atoms with Crippen LogP contribution < -0.4 is 11.1 Å². The Morgan fingerprint density at radius 1 is 1.45 bits per heavy atom. The number of aromatic nitrogens is 2. The standard InChI is InChI=1S/C13H12BrN3O3/c14-8-3-1-7(2-4-8)9-5-10(9)12(18)15-6-11-16-13(19)20-17-11/h1-4,9-10H,5-6H2,(H,15,18)(H,16,17,19)/t9-,10+/m0/s1. The SMILES string of the molecule is O=C(NCc1noc(=O)[nH]1)[C@@H]1C[C@H]1c1ccc(Br)cc1. The number of halogens is 1. The van der Waals surface area contributed by atoms with Crippen molar-refractivity contribution in [2.24, 2.45) is 5.92 Å². The lowest BCUT2D eigenvalue weighted by molar-refractivity contribution is -0.122. The Bertz CT molecular complexity index is 677. The van der Waals surface area contributed by atoms with Crippen molar-refractivity contribution in [1.29, 1.82) is 0 Å². The monoisotopic (exact) mass is 337 g/mol. The van der Waals surface area contributed by atoms with E-state index in [1.807, 2.05) is 24.3 Å². The predicted molar refractivity (Wildman–Crippen MR) is 74.0 cm³/mol. The average Bonchev–Trinajstić information content (AvgIpc) is 3.13. The second-order valence-corrected chi connectivity index (χ2v) is 5.68. The highest BCUT2D eigenvalue weighted by Gasteiger charge is 2.43. The molecule has 1 aromatic carbocycles. The van der Waals surface area contributed by atoms with Gasteiger partial charge in [0.15, 0.2) is 5.82 Å². The first-order valence-corrected chi connectivity index (χ1v) is 7.01. The smallest absolute Gasteiger partial charge is 0.348 e. The molecule has 0 radical (unpaired) electrons. The predicted octanol–water partition coefficient (Wildman–Crippen LogP) is 1.55. The number of nitrogens with zero attached hydrogens (tertiary/aromatic N) is 1. The van der Waals surface area contributed by atoms with Gasteiger partial charge in [-0.3, -0.25) is 14.3 Å². The van der Waals surface area contributed by atoms with Crippen LogP contribution in [-0.4, -0.2) is 16.0 Å².